The van der Waals surface area contributed by atoms with E-state index in [4.69, 9.17) is 9.47 Å². The molecule has 190 valence electrons. The summed E-state index contributed by atoms with van der Waals surface area (Å²) in [5.41, 5.74) is 4.81. The first-order valence-corrected chi connectivity index (χ1v) is 12.7. The molecule has 38 heavy (non-hydrogen) atoms. The highest BCUT2D eigenvalue weighted by molar-refractivity contribution is 6.32. The highest BCUT2D eigenvalue weighted by Gasteiger charge is 2.28. The van der Waals surface area contributed by atoms with E-state index in [0.717, 1.165) is 22.4 Å². The van der Waals surface area contributed by atoms with Crippen LogP contribution in [0, 0.1) is 0 Å². The molecule has 0 bridgehead atoms. The SMILES string of the molecule is C=CCc1cc(/C=C2/C(=O)N(c3ccccc3)N=C2C)cc(OCC)c1OCc1ccc2ccccc2c1. The Morgan fingerprint density at radius 3 is 2.45 bits per heavy atom. The Morgan fingerprint density at radius 2 is 1.68 bits per heavy atom. The zero-order valence-corrected chi connectivity index (χ0v) is 21.7. The van der Waals surface area contributed by atoms with E-state index in [1.807, 2.05) is 80.6 Å². The van der Waals surface area contributed by atoms with Crippen molar-refractivity contribution < 1.29 is 14.3 Å². The van der Waals surface area contributed by atoms with Gasteiger partial charge >= 0.3 is 0 Å². The number of hydrogen-bond acceptors (Lipinski definition) is 4. The fourth-order valence-corrected chi connectivity index (χ4v) is 4.58. The molecule has 0 saturated heterocycles. The second-order valence-corrected chi connectivity index (χ2v) is 9.10. The first kappa shape index (κ1) is 25.0. The van der Waals surface area contributed by atoms with Crippen molar-refractivity contribution in [1.29, 1.82) is 0 Å². The van der Waals surface area contributed by atoms with Crippen LogP contribution >= 0.6 is 0 Å². The highest BCUT2D eigenvalue weighted by atomic mass is 16.5. The van der Waals surface area contributed by atoms with Crippen molar-refractivity contribution in [2.24, 2.45) is 5.10 Å². The Balaban J connectivity index is 1.46. The molecule has 0 N–H and O–H groups in total. The minimum atomic E-state index is -0.159. The topological polar surface area (TPSA) is 51.1 Å². The predicted molar refractivity (Wildman–Crippen MR) is 155 cm³/mol. The van der Waals surface area contributed by atoms with Crippen LogP contribution in [0.4, 0.5) is 5.69 Å². The van der Waals surface area contributed by atoms with Gasteiger partial charge in [-0.15, -0.1) is 6.58 Å². The van der Waals surface area contributed by atoms with Crippen LogP contribution in [0.15, 0.2) is 108 Å². The number of nitrogens with zero attached hydrogens (tertiary/aromatic N) is 2. The van der Waals surface area contributed by atoms with Gasteiger partial charge in [-0.25, -0.2) is 0 Å². The number of allylic oxidation sites excluding steroid dienone is 1. The Kier molecular flexibility index (Phi) is 7.36. The summed E-state index contributed by atoms with van der Waals surface area (Å²) in [4.78, 5) is 13.2. The second-order valence-electron chi connectivity index (χ2n) is 9.10. The van der Waals surface area contributed by atoms with Crippen molar-refractivity contribution in [2.75, 3.05) is 11.6 Å². The fourth-order valence-electron chi connectivity index (χ4n) is 4.58. The Labute approximate surface area is 223 Å². The molecule has 0 aromatic heterocycles. The van der Waals surface area contributed by atoms with E-state index in [2.05, 4.69) is 42.0 Å². The molecule has 4 aromatic carbocycles. The van der Waals surface area contributed by atoms with Crippen LogP contribution in [0.3, 0.4) is 0 Å². The minimum absolute atomic E-state index is 0.159. The molecule has 0 fully saturated rings. The number of ether oxygens (including phenoxy) is 2. The van der Waals surface area contributed by atoms with Crippen LogP contribution in [0.1, 0.15) is 30.5 Å². The smallest absolute Gasteiger partial charge is 0.280 e. The zero-order valence-electron chi connectivity index (χ0n) is 21.7. The molecule has 1 amide bonds. The third kappa shape index (κ3) is 5.23. The van der Waals surface area contributed by atoms with Crippen molar-refractivity contribution in [3.8, 4) is 11.5 Å². The first-order valence-electron chi connectivity index (χ1n) is 12.7. The molecule has 5 rings (SSSR count). The van der Waals surface area contributed by atoms with Crippen LogP contribution in [0.25, 0.3) is 16.8 Å². The van der Waals surface area contributed by atoms with Gasteiger partial charge in [0.25, 0.3) is 5.91 Å². The summed E-state index contributed by atoms with van der Waals surface area (Å²) in [5.74, 6) is 1.17. The van der Waals surface area contributed by atoms with Gasteiger partial charge in [0.05, 0.1) is 23.6 Å². The summed E-state index contributed by atoms with van der Waals surface area (Å²) in [6, 6.07) is 28.0. The summed E-state index contributed by atoms with van der Waals surface area (Å²) in [6.07, 6.45) is 4.31. The van der Waals surface area contributed by atoms with Gasteiger partial charge in [0.1, 0.15) is 6.61 Å². The van der Waals surface area contributed by atoms with Crippen LogP contribution < -0.4 is 14.5 Å². The van der Waals surface area contributed by atoms with Crippen molar-refractivity contribution in [3.05, 3.63) is 120 Å². The number of benzene rings is 4. The molecule has 0 unspecified atom stereocenters. The summed E-state index contributed by atoms with van der Waals surface area (Å²) < 4.78 is 12.4. The first-order chi connectivity index (χ1) is 18.6. The summed E-state index contributed by atoms with van der Waals surface area (Å²) in [5, 5.41) is 8.31. The van der Waals surface area contributed by atoms with Gasteiger partial charge in [0.15, 0.2) is 11.5 Å². The number of hydrazone groups is 1. The average molecular weight is 503 g/mol. The maximum absolute atomic E-state index is 13.2. The third-order valence-electron chi connectivity index (χ3n) is 6.39. The molecule has 0 saturated carbocycles. The molecule has 1 heterocycles. The van der Waals surface area contributed by atoms with Gasteiger partial charge in [-0.3, -0.25) is 4.79 Å². The minimum Gasteiger partial charge on any atom is -0.490 e. The van der Waals surface area contributed by atoms with Crippen molar-refractivity contribution in [2.45, 2.75) is 26.9 Å². The molecular weight excluding hydrogens is 472 g/mol. The van der Waals surface area contributed by atoms with Gasteiger partial charge in [0.2, 0.25) is 0 Å². The summed E-state index contributed by atoms with van der Waals surface area (Å²) in [7, 11) is 0. The number of para-hydroxylation sites is 1. The lowest BCUT2D eigenvalue weighted by Gasteiger charge is -2.17. The second kappa shape index (κ2) is 11.2. The summed E-state index contributed by atoms with van der Waals surface area (Å²) >= 11 is 0. The Bertz CT molecular complexity index is 1550. The van der Waals surface area contributed by atoms with E-state index < -0.39 is 0 Å². The number of amides is 1. The highest BCUT2D eigenvalue weighted by Crippen LogP contribution is 2.36. The van der Waals surface area contributed by atoms with Crippen LogP contribution in [-0.2, 0) is 17.8 Å². The van der Waals surface area contributed by atoms with E-state index in [0.29, 0.717) is 42.4 Å². The van der Waals surface area contributed by atoms with E-state index >= 15 is 0 Å². The molecule has 0 radical (unpaired) electrons. The monoisotopic (exact) mass is 502 g/mol. The maximum Gasteiger partial charge on any atom is 0.280 e. The van der Waals surface area contributed by atoms with E-state index in [9.17, 15) is 4.79 Å². The largest absolute Gasteiger partial charge is 0.490 e. The molecular formula is C33H30N2O3. The molecule has 5 nitrogen and oxygen atoms in total. The molecule has 0 atom stereocenters. The van der Waals surface area contributed by atoms with Gasteiger partial charge in [-0.1, -0.05) is 60.7 Å². The molecule has 1 aliphatic rings. The maximum atomic E-state index is 13.2. The normalized spacial score (nSPS) is 14.2. The molecule has 0 spiro atoms. The predicted octanol–water partition coefficient (Wildman–Crippen LogP) is 7.35. The average Bonchev–Trinajstić information content (AvgIpc) is 3.22. The van der Waals surface area contributed by atoms with Crippen molar-refractivity contribution >= 4 is 34.2 Å². The molecule has 5 heteroatoms. The number of carbonyl (C=O) groups is 1. The summed E-state index contributed by atoms with van der Waals surface area (Å²) in [6.45, 7) is 8.62. The lowest BCUT2D eigenvalue weighted by atomic mass is 10.0. The van der Waals surface area contributed by atoms with Crippen molar-refractivity contribution in [3.63, 3.8) is 0 Å². The number of rotatable bonds is 9. The van der Waals surface area contributed by atoms with Crippen molar-refractivity contribution in [1.82, 2.24) is 0 Å². The number of carbonyl (C=O) groups excluding carboxylic acids is 1. The third-order valence-corrected chi connectivity index (χ3v) is 6.39. The quantitative estimate of drug-likeness (QED) is 0.178. The number of hydrogen-bond donors (Lipinski definition) is 0. The zero-order chi connectivity index (χ0) is 26.5. The fraction of sp³-hybridized carbons (Fsp3) is 0.152. The standard InChI is InChI=1S/C33H30N2O3/c1-4-11-28-19-25(20-30-23(3)34-35(33(30)36)29-14-7-6-8-15-29)21-31(37-5-2)32(28)38-22-24-16-17-26-12-9-10-13-27(26)18-24/h4,6-10,12-21H,1,5,11,22H2,2-3H3/b30-20+. The van der Waals surface area contributed by atoms with E-state index in [-0.39, 0.29) is 5.91 Å². The molecule has 0 aliphatic carbocycles. The van der Waals surface area contributed by atoms with Gasteiger partial charge in [-0.2, -0.15) is 10.1 Å². The van der Waals surface area contributed by atoms with E-state index in [1.165, 1.54) is 15.8 Å². The van der Waals surface area contributed by atoms with Crippen LogP contribution in [0.2, 0.25) is 0 Å². The lowest BCUT2D eigenvalue weighted by molar-refractivity contribution is -0.114. The van der Waals surface area contributed by atoms with Crippen LogP contribution in [-0.4, -0.2) is 18.2 Å². The van der Waals surface area contributed by atoms with Gasteiger partial charge in [0, 0.05) is 5.56 Å². The van der Waals surface area contributed by atoms with Gasteiger partial charge in [-0.05, 0) is 78.6 Å². The Hall–Kier alpha value is -4.64. The lowest BCUT2D eigenvalue weighted by Crippen LogP contribution is -2.21. The number of fused-ring (bicyclic) bond motifs is 1. The Morgan fingerprint density at radius 1 is 0.921 bits per heavy atom. The molecule has 4 aromatic rings. The number of anilines is 1. The van der Waals surface area contributed by atoms with Crippen LogP contribution in [0.5, 0.6) is 11.5 Å². The van der Waals surface area contributed by atoms with Gasteiger partial charge < -0.3 is 9.47 Å². The molecule has 1 aliphatic heterocycles. The van der Waals surface area contributed by atoms with E-state index in [1.54, 1.807) is 0 Å².